The van der Waals surface area contributed by atoms with Gasteiger partial charge in [-0.3, -0.25) is 4.79 Å². The van der Waals surface area contributed by atoms with Crippen molar-refractivity contribution in [3.8, 4) is 0 Å². The second kappa shape index (κ2) is 5.40. The molecule has 2 unspecified atom stereocenters. The van der Waals surface area contributed by atoms with Crippen molar-refractivity contribution in [2.45, 2.75) is 33.2 Å². The number of H-pyrrole nitrogens is 1. The number of aromatic nitrogens is 2. The molecule has 0 aliphatic heterocycles. The predicted octanol–water partition coefficient (Wildman–Crippen LogP) is 2.18. The molecule has 2 rings (SSSR count). The van der Waals surface area contributed by atoms with Gasteiger partial charge < -0.3 is 16.0 Å². The van der Waals surface area contributed by atoms with Crippen molar-refractivity contribution in [1.29, 1.82) is 0 Å². The van der Waals surface area contributed by atoms with Crippen LogP contribution in [-0.2, 0) is 4.79 Å². The smallest absolute Gasteiger partial charge is 0.241 e. The Hall–Kier alpha value is -1.88. The molecule has 1 aromatic heterocycles. The molecule has 102 valence electrons. The summed E-state index contributed by atoms with van der Waals surface area (Å²) in [5.41, 5.74) is 8.44. The fraction of sp³-hybridized carbons (Fsp3) is 0.429. The van der Waals surface area contributed by atoms with Gasteiger partial charge in [-0.05, 0) is 31.0 Å². The second-order valence-corrected chi connectivity index (χ2v) is 4.95. The lowest BCUT2D eigenvalue weighted by molar-refractivity contribution is -0.118. The number of carbonyl (C=O) groups is 1. The Morgan fingerprint density at radius 2 is 2.26 bits per heavy atom. The minimum atomic E-state index is -0.482. The molecule has 0 aliphatic carbocycles. The molecule has 5 nitrogen and oxygen atoms in total. The number of fused-ring (bicyclic) bond motifs is 1. The first kappa shape index (κ1) is 13.5. The maximum absolute atomic E-state index is 12.0. The highest BCUT2D eigenvalue weighted by Crippen LogP contribution is 2.17. The Bertz CT molecular complexity index is 590. The molecule has 0 aliphatic rings. The Balaban J connectivity index is 2.14. The summed E-state index contributed by atoms with van der Waals surface area (Å²) in [6.45, 7) is 5.90. The van der Waals surface area contributed by atoms with E-state index in [-0.39, 0.29) is 11.8 Å². The molecule has 19 heavy (non-hydrogen) atoms. The number of nitrogens with one attached hydrogen (secondary N) is 2. The number of rotatable bonds is 4. The Morgan fingerprint density at radius 3 is 2.95 bits per heavy atom. The van der Waals surface area contributed by atoms with Crippen LogP contribution in [0.1, 0.15) is 26.1 Å². The highest BCUT2D eigenvalue weighted by atomic mass is 16.2. The molecule has 0 bridgehead atoms. The van der Waals surface area contributed by atoms with Gasteiger partial charge >= 0.3 is 0 Å². The summed E-state index contributed by atoms with van der Waals surface area (Å²) in [6, 6.07) is 5.10. The molecule has 0 saturated heterocycles. The second-order valence-electron chi connectivity index (χ2n) is 4.95. The number of imidazole rings is 1. The Kier molecular flexibility index (Phi) is 3.85. The minimum absolute atomic E-state index is 0.148. The monoisotopic (exact) mass is 260 g/mol. The molecular weight excluding hydrogens is 240 g/mol. The van der Waals surface area contributed by atoms with Gasteiger partial charge in [0.15, 0.2) is 0 Å². The Labute approximate surface area is 112 Å². The van der Waals surface area contributed by atoms with Crippen molar-refractivity contribution < 1.29 is 4.79 Å². The normalized spacial score (nSPS) is 14.3. The van der Waals surface area contributed by atoms with Gasteiger partial charge in [0.1, 0.15) is 5.82 Å². The zero-order valence-electron chi connectivity index (χ0n) is 11.5. The maximum atomic E-state index is 12.0. The van der Waals surface area contributed by atoms with Crippen molar-refractivity contribution >= 4 is 22.6 Å². The third kappa shape index (κ3) is 2.93. The van der Waals surface area contributed by atoms with Gasteiger partial charge in [-0.25, -0.2) is 4.98 Å². The summed E-state index contributed by atoms with van der Waals surface area (Å²) in [5.74, 6) is 0.873. The number of carbonyl (C=O) groups excluding carboxylic acids is 1. The van der Waals surface area contributed by atoms with E-state index in [1.807, 2.05) is 39.0 Å². The maximum Gasteiger partial charge on any atom is 0.241 e. The minimum Gasteiger partial charge on any atom is -0.342 e. The Morgan fingerprint density at radius 1 is 1.53 bits per heavy atom. The first-order valence-electron chi connectivity index (χ1n) is 6.54. The van der Waals surface area contributed by atoms with Gasteiger partial charge in [-0.15, -0.1) is 0 Å². The predicted molar refractivity (Wildman–Crippen MR) is 76.9 cm³/mol. The van der Waals surface area contributed by atoms with Crippen molar-refractivity contribution in [3.63, 3.8) is 0 Å². The van der Waals surface area contributed by atoms with E-state index >= 15 is 0 Å². The number of anilines is 1. The molecule has 1 amide bonds. The van der Waals surface area contributed by atoms with Crippen LogP contribution in [0.15, 0.2) is 18.2 Å². The number of hydrogen-bond acceptors (Lipinski definition) is 3. The van der Waals surface area contributed by atoms with E-state index in [0.717, 1.165) is 29.0 Å². The molecule has 0 saturated carbocycles. The van der Waals surface area contributed by atoms with Gasteiger partial charge in [-0.1, -0.05) is 20.3 Å². The summed E-state index contributed by atoms with van der Waals surface area (Å²) in [5, 5.41) is 2.85. The quantitative estimate of drug-likeness (QED) is 0.787. The van der Waals surface area contributed by atoms with Crippen molar-refractivity contribution in [1.82, 2.24) is 9.97 Å². The van der Waals surface area contributed by atoms with Crippen LogP contribution in [-0.4, -0.2) is 21.9 Å². The van der Waals surface area contributed by atoms with E-state index < -0.39 is 6.04 Å². The highest BCUT2D eigenvalue weighted by molar-refractivity contribution is 5.96. The van der Waals surface area contributed by atoms with Crippen molar-refractivity contribution in [2.75, 3.05) is 5.32 Å². The van der Waals surface area contributed by atoms with Crippen molar-refractivity contribution in [2.24, 2.45) is 11.7 Å². The molecule has 0 fully saturated rings. The van der Waals surface area contributed by atoms with Gasteiger partial charge in [0, 0.05) is 5.69 Å². The summed E-state index contributed by atoms with van der Waals surface area (Å²) >= 11 is 0. The van der Waals surface area contributed by atoms with Gasteiger partial charge in [-0.2, -0.15) is 0 Å². The lowest BCUT2D eigenvalue weighted by Gasteiger charge is -2.17. The molecule has 1 aromatic carbocycles. The molecule has 5 heteroatoms. The van der Waals surface area contributed by atoms with Crippen LogP contribution < -0.4 is 11.1 Å². The number of aryl methyl sites for hydroxylation is 1. The van der Waals surface area contributed by atoms with Crippen LogP contribution in [0.4, 0.5) is 5.69 Å². The zero-order valence-corrected chi connectivity index (χ0v) is 11.5. The molecule has 0 radical (unpaired) electrons. The highest BCUT2D eigenvalue weighted by Gasteiger charge is 2.19. The number of nitrogens with zero attached hydrogens (tertiary/aromatic N) is 1. The average Bonchev–Trinajstić information content (AvgIpc) is 2.76. The molecule has 2 atom stereocenters. The molecule has 1 heterocycles. The van der Waals surface area contributed by atoms with E-state index in [1.165, 1.54) is 0 Å². The van der Waals surface area contributed by atoms with Gasteiger partial charge in [0.05, 0.1) is 17.1 Å². The fourth-order valence-corrected chi connectivity index (χ4v) is 1.95. The third-order valence-electron chi connectivity index (χ3n) is 3.43. The number of aromatic amines is 1. The van der Waals surface area contributed by atoms with Gasteiger partial charge in [0.25, 0.3) is 0 Å². The number of benzene rings is 1. The van der Waals surface area contributed by atoms with Gasteiger partial charge in [0.2, 0.25) is 5.91 Å². The van der Waals surface area contributed by atoms with Crippen LogP contribution in [0.25, 0.3) is 11.0 Å². The molecular formula is C14H20N4O. The van der Waals surface area contributed by atoms with E-state index in [9.17, 15) is 4.79 Å². The summed E-state index contributed by atoms with van der Waals surface area (Å²) in [4.78, 5) is 19.5. The number of hydrogen-bond donors (Lipinski definition) is 3. The molecule has 4 N–H and O–H groups in total. The summed E-state index contributed by atoms with van der Waals surface area (Å²) in [7, 11) is 0. The van der Waals surface area contributed by atoms with E-state index in [0.29, 0.717) is 0 Å². The number of nitrogens with two attached hydrogens (primary N) is 1. The molecule has 2 aromatic rings. The van der Waals surface area contributed by atoms with Crippen LogP contribution in [0, 0.1) is 12.8 Å². The lowest BCUT2D eigenvalue weighted by atomic mass is 9.99. The van der Waals surface area contributed by atoms with Crippen molar-refractivity contribution in [3.05, 3.63) is 24.0 Å². The zero-order chi connectivity index (χ0) is 14.0. The van der Waals surface area contributed by atoms with Crippen LogP contribution in [0.2, 0.25) is 0 Å². The SMILES string of the molecule is CCC(C)C(N)C(=O)Nc1ccc2nc(C)[nH]c2c1. The van der Waals surface area contributed by atoms with E-state index in [4.69, 9.17) is 5.73 Å². The largest absolute Gasteiger partial charge is 0.342 e. The summed E-state index contributed by atoms with van der Waals surface area (Å²) in [6.07, 6.45) is 0.882. The first-order chi connectivity index (χ1) is 9.01. The van der Waals surface area contributed by atoms with E-state index in [2.05, 4.69) is 15.3 Å². The first-order valence-corrected chi connectivity index (χ1v) is 6.54. The lowest BCUT2D eigenvalue weighted by Crippen LogP contribution is -2.40. The molecule has 0 spiro atoms. The van der Waals surface area contributed by atoms with Crippen LogP contribution in [0.3, 0.4) is 0 Å². The third-order valence-corrected chi connectivity index (χ3v) is 3.43. The standard InChI is InChI=1S/C14H20N4O/c1-4-8(2)13(15)14(19)18-10-5-6-11-12(7-10)17-9(3)16-11/h5-8,13H,4,15H2,1-3H3,(H,16,17)(H,18,19). The van der Waals surface area contributed by atoms with Crippen LogP contribution in [0.5, 0.6) is 0 Å². The average molecular weight is 260 g/mol. The topological polar surface area (TPSA) is 83.8 Å². The van der Waals surface area contributed by atoms with Crippen LogP contribution >= 0.6 is 0 Å². The summed E-state index contributed by atoms with van der Waals surface area (Å²) < 4.78 is 0. The number of amides is 1. The van der Waals surface area contributed by atoms with E-state index in [1.54, 1.807) is 0 Å². The fourth-order valence-electron chi connectivity index (χ4n) is 1.95.